The van der Waals surface area contributed by atoms with Crippen LogP contribution in [-0.2, 0) is 4.79 Å². The molecule has 1 heterocycles. The monoisotopic (exact) mass is 276 g/mol. The molecule has 1 aromatic carbocycles. The Bertz CT molecular complexity index is 471. The topological polar surface area (TPSA) is 58.6 Å². The predicted octanol–water partition coefficient (Wildman–Crippen LogP) is 1.44. The lowest BCUT2D eigenvalue weighted by Gasteiger charge is -2.26. The summed E-state index contributed by atoms with van der Waals surface area (Å²) in [6.45, 7) is 1.87. The summed E-state index contributed by atoms with van der Waals surface area (Å²) in [7, 11) is 1.59. The second-order valence-electron chi connectivity index (χ2n) is 4.82. The van der Waals surface area contributed by atoms with Gasteiger partial charge >= 0.3 is 0 Å². The van der Waals surface area contributed by atoms with Gasteiger partial charge in [0.2, 0.25) is 5.91 Å². The van der Waals surface area contributed by atoms with Gasteiger partial charge < -0.3 is 15.0 Å². The SMILES string of the molecule is COc1ccc(C(=O)NCCN2CCCCC2=O)cc1. The molecule has 1 fully saturated rings. The van der Waals surface area contributed by atoms with Crippen molar-refractivity contribution >= 4 is 11.8 Å². The number of amides is 2. The molecule has 0 unspecified atom stereocenters. The average molecular weight is 276 g/mol. The van der Waals surface area contributed by atoms with Gasteiger partial charge in [0.15, 0.2) is 0 Å². The number of benzene rings is 1. The van der Waals surface area contributed by atoms with Crippen LogP contribution < -0.4 is 10.1 Å². The van der Waals surface area contributed by atoms with E-state index in [0.29, 0.717) is 25.1 Å². The third kappa shape index (κ3) is 3.73. The molecule has 108 valence electrons. The fraction of sp³-hybridized carbons (Fsp3) is 0.467. The first-order valence-electron chi connectivity index (χ1n) is 6.91. The summed E-state index contributed by atoms with van der Waals surface area (Å²) >= 11 is 0. The van der Waals surface area contributed by atoms with Crippen LogP contribution in [0.4, 0.5) is 0 Å². The maximum absolute atomic E-state index is 11.9. The van der Waals surface area contributed by atoms with E-state index < -0.39 is 0 Å². The summed E-state index contributed by atoms with van der Waals surface area (Å²) in [5.74, 6) is 0.785. The second-order valence-corrected chi connectivity index (χ2v) is 4.82. The minimum Gasteiger partial charge on any atom is -0.497 e. The molecule has 0 aromatic heterocycles. The zero-order chi connectivity index (χ0) is 14.4. The lowest BCUT2D eigenvalue weighted by Crippen LogP contribution is -2.41. The second kappa shape index (κ2) is 6.93. The Kier molecular flexibility index (Phi) is 4.98. The number of hydrogen-bond donors (Lipinski definition) is 1. The van der Waals surface area contributed by atoms with Crippen LogP contribution in [0.2, 0.25) is 0 Å². The Morgan fingerprint density at radius 3 is 2.70 bits per heavy atom. The minimum atomic E-state index is -0.128. The van der Waals surface area contributed by atoms with E-state index in [2.05, 4.69) is 5.32 Å². The van der Waals surface area contributed by atoms with Crippen LogP contribution in [0.1, 0.15) is 29.6 Å². The van der Waals surface area contributed by atoms with E-state index in [9.17, 15) is 9.59 Å². The van der Waals surface area contributed by atoms with E-state index >= 15 is 0 Å². The Morgan fingerprint density at radius 2 is 2.05 bits per heavy atom. The first-order chi connectivity index (χ1) is 9.70. The highest BCUT2D eigenvalue weighted by molar-refractivity contribution is 5.94. The van der Waals surface area contributed by atoms with Crippen molar-refractivity contribution in [2.45, 2.75) is 19.3 Å². The molecule has 0 spiro atoms. The highest BCUT2D eigenvalue weighted by Crippen LogP contribution is 2.11. The third-order valence-corrected chi connectivity index (χ3v) is 3.44. The molecular weight excluding hydrogens is 256 g/mol. The average Bonchev–Trinajstić information content (AvgIpc) is 2.49. The fourth-order valence-electron chi connectivity index (χ4n) is 2.25. The van der Waals surface area contributed by atoms with Gasteiger partial charge in [-0.25, -0.2) is 0 Å². The number of methoxy groups -OCH3 is 1. The Morgan fingerprint density at radius 1 is 1.30 bits per heavy atom. The molecule has 0 atom stereocenters. The molecule has 2 amide bonds. The number of hydrogen-bond acceptors (Lipinski definition) is 3. The Balaban J connectivity index is 1.78. The fourth-order valence-corrected chi connectivity index (χ4v) is 2.25. The molecule has 20 heavy (non-hydrogen) atoms. The van der Waals surface area contributed by atoms with Crippen molar-refractivity contribution < 1.29 is 14.3 Å². The molecule has 0 saturated carbocycles. The molecule has 2 rings (SSSR count). The number of nitrogens with one attached hydrogen (secondary N) is 1. The van der Waals surface area contributed by atoms with Gasteiger partial charge in [0.1, 0.15) is 5.75 Å². The van der Waals surface area contributed by atoms with Crippen molar-refractivity contribution in [3.05, 3.63) is 29.8 Å². The van der Waals surface area contributed by atoms with Gasteiger partial charge in [-0.1, -0.05) is 0 Å². The molecule has 5 heteroatoms. The summed E-state index contributed by atoms with van der Waals surface area (Å²) < 4.78 is 5.05. The van der Waals surface area contributed by atoms with E-state index in [1.54, 1.807) is 31.4 Å². The molecule has 1 aliphatic rings. The molecule has 5 nitrogen and oxygen atoms in total. The van der Waals surface area contributed by atoms with Gasteiger partial charge in [0.25, 0.3) is 5.91 Å². The Labute approximate surface area is 118 Å². The van der Waals surface area contributed by atoms with Crippen molar-refractivity contribution in [3.8, 4) is 5.75 Å². The van der Waals surface area contributed by atoms with Crippen LogP contribution >= 0.6 is 0 Å². The molecule has 1 aromatic rings. The zero-order valence-electron chi connectivity index (χ0n) is 11.7. The minimum absolute atomic E-state index is 0.128. The van der Waals surface area contributed by atoms with Crippen LogP contribution in [0.3, 0.4) is 0 Å². The van der Waals surface area contributed by atoms with Crippen LogP contribution in [-0.4, -0.2) is 43.5 Å². The van der Waals surface area contributed by atoms with Crippen LogP contribution in [0.25, 0.3) is 0 Å². The zero-order valence-corrected chi connectivity index (χ0v) is 11.7. The highest BCUT2D eigenvalue weighted by atomic mass is 16.5. The lowest BCUT2D eigenvalue weighted by molar-refractivity contribution is -0.133. The van der Waals surface area contributed by atoms with E-state index in [0.717, 1.165) is 25.1 Å². The summed E-state index contributed by atoms with van der Waals surface area (Å²) in [5.41, 5.74) is 0.593. The number of carbonyl (C=O) groups is 2. The standard InChI is InChI=1S/C15H20N2O3/c1-20-13-7-5-12(6-8-13)15(19)16-9-11-17-10-3-2-4-14(17)18/h5-8H,2-4,9-11H2,1H3,(H,16,19). The first-order valence-corrected chi connectivity index (χ1v) is 6.91. The van der Waals surface area contributed by atoms with Crippen LogP contribution in [0.15, 0.2) is 24.3 Å². The lowest BCUT2D eigenvalue weighted by atomic mass is 10.1. The van der Waals surface area contributed by atoms with Gasteiger partial charge in [-0.05, 0) is 37.1 Å². The van der Waals surface area contributed by atoms with E-state index in [1.807, 2.05) is 4.90 Å². The van der Waals surface area contributed by atoms with Crippen molar-refractivity contribution in [1.29, 1.82) is 0 Å². The maximum atomic E-state index is 11.9. The van der Waals surface area contributed by atoms with E-state index in [4.69, 9.17) is 4.74 Å². The van der Waals surface area contributed by atoms with Crippen molar-refractivity contribution in [1.82, 2.24) is 10.2 Å². The highest BCUT2D eigenvalue weighted by Gasteiger charge is 2.17. The van der Waals surface area contributed by atoms with E-state index in [-0.39, 0.29) is 11.8 Å². The van der Waals surface area contributed by atoms with Gasteiger partial charge in [0, 0.05) is 31.6 Å². The smallest absolute Gasteiger partial charge is 0.251 e. The van der Waals surface area contributed by atoms with Crippen molar-refractivity contribution in [2.24, 2.45) is 0 Å². The van der Waals surface area contributed by atoms with Crippen LogP contribution in [0, 0.1) is 0 Å². The molecule has 1 aliphatic heterocycles. The maximum Gasteiger partial charge on any atom is 0.251 e. The summed E-state index contributed by atoms with van der Waals surface area (Å²) in [6.07, 6.45) is 2.66. The number of nitrogens with zero attached hydrogens (tertiary/aromatic N) is 1. The van der Waals surface area contributed by atoms with Gasteiger partial charge in [-0.3, -0.25) is 9.59 Å². The van der Waals surface area contributed by atoms with Gasteiger partial charge in [-0.2, -0.15) is 0 Å². The van der Waals surface area contributed by atoms with Gasteiger partial charge in [0.05, 0.1) is 7.11 Å². The van der Waals surface area contributed by atoms with Crippen molar-refractivity contribution in [2.75, 3.05) is 26.7 Å². The molecule has 1 N–H and O–H groups in total. The summed E-state index contributed by atoms with van der Waals surface area (Å²) in [5, 5.41) is 2.83. The normalized spacial score (nSPS) is 15.1. The van der Waals surface area contributed by atoms with Crippen molar-refractivity contribution in [3.63, 3.8) is 0 Å². The number of rotatable bonds is 5. The molecule has 1 saturated heterocycles. The number of ether oxygens (including phenoxy) is 1. The third-order valence-electron chi connectivity index (χ3n) is 3.44. The molecule has 0 radical (unpaired) electrons. The predicted molar refractivity (Wildman–Crippen MR) is 75.8 cm³/mol. The first kappa shape index (κ1) is 14.4. The number of likely N-dealkylation sites (tertiary alicyclic amines) is 1. The Hall–Kier alpha value is -2.04. The largest absolute Gasteiger partial charge is 0.497 e. The molecule has 0 bridgehead atoms. The number of piperidine rings is 1. The summed E-state index contributed by atoms with van der Waals surface area (Å²) in [6, 6.07) is 6.95. The van der Waals surface area contributed by atoms with E-state index in [1.165, 1.54) is 0 Å². The van der Waals surface area contributed by atoms with Crippen LogP contribution in [0.5, 0.6) is 5.75 Å². The molecule has 0 aliphatic carbocycles. The quantitative estimate of drug-likeness (QED) is 0.885. The number of carbonyl (C=O) groups excluding carboxylic acids is 2. The summed E-state index contributed by atoms with van der Waals surface area (Å²) in [4.78, 5) is 25.3. The molecular formula is C15H20N2O3. The van der Waals surface area contributed by atoms with Gasteiger partial charge in [-0.15, -0.1) is 0 Å².